The number of aromatic nitrogens is 4. The smallest absolute Gasteiger partial charge is 0.224 e. The molecule has 1 aromatic heterocycles. The Balaban J connectivity index is 1.61. The predicted octanol–water partition coefficient (Wildman–Crippen LogP) is 1.84. The molecule has 0 aliphatic rings. The zero-order chi connectivity index (χ0) is 17.6. The Bertz CT molecular complexity index is 841. The van der Waals surface area contributed by atoms with Crippen molar-refractivity contribution in [1.82, 2.24) is 25.5 Å². The van der Waals surface area contributed by atoms with Gasteiger partial charge in [0.15, 0.2) is 5.82 Å². The van der Waals surface area contributed by atoms with E-state index in [9.17, 15) is 4.79 Å². The largest absolute Gasteiger partial charge is 0.497 e. The zero-order valence-electron chi connectivity index (χ0n) is 14.1. The highest BCUT2D eigenvalue weighted by Crippen LogP contribution is 2.12. The molecule has 0 fully saturated rings. The molecule has 0 bridgehead atoms. The van der Waals surface area contributed by atoms with Crippen LogP contribution in [0.1, 0.15) is 17.0 Å². The Labute approximate surface area is 145 Å². The number of tetrazole rings is 1. The molecule has 7 heteroatoms. The highest BCUT2D eigenvalue weighted by Gasteiger charge is 2.10. The Morgan fingerprint density at radius 3 is 2.52 bits per heavy atom. The fourth-order valence-corrected chi connectivity index (χ4v) is 2.37. The molecule has 3 aromatic rings. The Hall–Kier alpha value is -3.22. The second-order valence-electron chi connectivity index (χ2n) is 5.64. The molecule has 7 nitrogen and oxygen atoms in total. The van der Waals surface area contributed by atoms with Gasteiger partial charge >= 0.3 is 0 Å². The van der Waals surface area contributed by atoms with Gasteiger partial charge in [0.25, 0.3) is 0 Å². The molecule has 0 saturated carbocycles. The normalized spacial score (nSPS) is 10.5. The van der Waals surface area contributed by atoms with E-state index in [2.05, 4.69) is 20.8 Å². The molecule has 0 unspecified atom stereocenters. The number of carbonyl (C=O) groups excluding carboxylic acids is 1. The van der Waals surface area contributed by atoms with Gasteiger partial charge in [0.1, 0.15) is 5.75 Å². The maximum atomic E-state index is 12.1. The first-order chi connectivity index (χ1) is 12.2. The summed E-state index contributed by atoms with van der Waals surface area (Å²) in [6.45, 7) is 2.28. The lowest BCUT2D eigenvalue weighted by Crippen LogP contribution is -2.26. The molecule has 0 aliphatic heterocycles. The maximum Gasteiger partial charge on any atom is 0.224 e. The number of benzene rings is 2. The topological polar surface area (TPSA) is 81.9 Å². The van der Waals surface area contributed by atoms with Crippen molar-refractivity contribution in [3.8, 4) is 11.4 Å². The number of amides is 1. The van der Waals surface area contributed by atoms with Crippen LogP contribution in [0.15, 0.2) is 48.5 Å². The molecular formula is C18H19N5O2. The molecule has 1 heterocycles. The first-order valence-electron chi connectivity index (χ1n) is 7.89. The number of aryl methyl sites for hydroxylation is 1. The number of nitrogens with one attached hydrogen (secondary N) is 1. The molecule has 0 saturated heterocycles. The van der Waals surface area contributed by atoms with E-state index >= 15 is 0 Å². The molecule has 25 heavy (non-hydrogen) atoms. The third-order valence-corrected chi connectivity index (χ3v) is 3.78. The SMILES string of the molecule is COc1ccc(CC(=O)NCc2nnnn2-c2ccc(C)cc2)cc1. The zero-order valence-corrected chi connectivity index (χ0v) is 14.1. The molecule has 128 valence electrons. The third-order valence-electron chi connectivity index (χ3n) is 3.78. The second kappa shape index (κ2) is 7.57. The Kier molecular flexibility index (Phi) is 5.03. The van der Waals surface area contributed by atoms with Gasteiger partial charge in [0.2, 0.25) is 5.91 Å². The summed E-state index contributed by atoms with van der Waals surface area (Å²) in [5.74, 6) is 1.25. The minimum atomic E-state index is -0.0939. The van der Waals surface area contributed by atoms with Crippen molar-refractivity contribution in [2.24, 2.45) is 0 Å². The highest BCUT2D eigenvalue weighted by molar-refractivity contribution is 5.78. The number of rotatable bonds is 6. The molecule has 0 aliphatic carbocycles. The van der Waals surface area contributed by atoms with Crippen LogP contribution in [0.4, 0.5) is 0 Å². The van der Waals surface area contributed by atoms with E-state index in [1.807, 2.05) is 55.5 Å². The van der Waals surface area contributed by atoms with Gasteiger partial charge < -0.3 is 10.1 Å². The molecule has 0 spiro atoms. The van der Waals surface area contributed by atoms with Crippen LogP contribution >= 0.6 is 0 Å². The van der Waals surface area contributed by atoms with Crippen molar-refractivity contribution >= 4 is 5.91 Å². The van der Waals surface area contributed by atoms with E-state index in [0.29, 0.717) is 5.82 Å². The summed E-state index contributed by atoms with van der Waals surface area (Å²) in [6.07, 6.45) is 0.288. The average Bonchev–Trinajstić information content (AvgIpc) is 3.10. The first-order valence-corrected chi connectivity index (χ1v) is 7.89. The van der Waals surface area contributed by atoms with E-state index in [-0.39, 0.29) is 18.9 Å². The molecule has 3 rings (SSSR count). The van der Waals surface area contributed by atoms with Crippen LogP contribution in [0.3, 0.4) is 0 Å². The maximum absolute atomic E-state index is 12.1. The predicted molar refractivity (Wildman–Crippen MR) is 92.4 cm³/mol. The van der Waals surface area contributed by atoms with E-state index in [4.69, 9.17) is 4.74 Å². The molecule has 0 atom stereocenters. The summed E-state index contributed by atoms with van der Waals surface area (Å²) in [5.41, 5.74) is 2.93. The molecule has 0 radical (unpaired) electrons. The first kappa shape index (κ1) is 16.6. The third kappa shape index (κ3) is 4.20. The van der Waals surface area contributed by atoms with Crippen LogP contribution in [-0.2, 0) is 17.8 Å². The van der Waals surface area contributed by atoms with Gasteiger partial charge in [-0.25, -0.2) is 0 Å². The van der Waals surface area contributed by atoms with Crippen molar-refractivity contribution in [3.05, 3.63) is 65.5 Å². The number of ether oxygens (including phenoxy) is 1. The summed E-state index contributed by atoms with van der Waals surface area (Å²) in [5, 5.41) is 14.5. The summed E-state index contributed by atoms with van der Waals surface area (Å²) in [7, 11) is 1.61. The van der Waals surface area contributed by atoms with Gasteiger partial charge in [-0.1, -0.05) is 29.8 Å². The highest BCUT2D eigenvalue weighted by atomic mass is 16.5. The molecular weight excluding hydrogens is 318 g/mol. The van der Waals surface area contributed by atoms with Crippen molar-refractivity contribution < 1.29 is 9.53 Å². The number of nitrogens with zero attached hydrogens (tertiary/aromatic N) is 4. The van der Waals surface area contributed by atoms with Gasteiger partial charge in [-0.2, -0.15) is 4.68 Å². The minimum absolute atomic E-state index is 0.0939. The van der Waals surface area contributed by atoms with Gasteiger partial charge in [-0.05, 0) is 47.2 Å². The van der Waals surface area contributed by atoms with E-state index < -0.39 is 0 Å². The van der Waals surface area contributed by atoms with Gasteiger partial charge in [-0.15, -0.1) is 5.10 Å². The van der Waals surface area contributed by atoms with E-state index in [1.165, 1.54) is 0 Å². The number of hydrogen-bond donors (Lipinski definition) is 1. The van der Waals surface area contributed by atoms with Crippen molar-refractivity contribution in [3.63, 3.8) is 0 Å². The lowest BCUT2D eigenvalue weighted by molar-refractivity contribution is -0.120. The summed E-state index contributed by atoms with van der Waals surface area (Å²) >= 11 is 0. The molecule has 1 amide bonds. The van der Waals surface area contributed by atoms with Crippen molar-refractivity contribution in [2.45, 2.75) is 19.9 Å². The van der Waals surface area contributed by atoms with Gasteiger partial charge in [0, 0.05) is 0 Å². The van der Waals surface area contributed by atoms with Crippen LogP contribution in [0.5, 0.6) is 5.75 Å². The minimum Gasteiger partial charge on any atom is -0.497 e. The quantitative estimate of drug-likeness (QED) is 0.742. The van der Waals surface area contributed by atoms with Crippen LogP contribution in [-0.4, -0.2) is 33.2 Å². The van der Waals surface area contributed by atoms with Crippen LogP contribution in [0.2, 0.25) is 0 Å². The lowest BCUT2D eigenvalue weighted by atomic mass is 10.1. The monoisotopic (exact) mass is 337 g/mol. The van der Waals surface area contributed by atoms with Crippen LogP contribution in [0, 0.1) is 6.92 Å². The number of carbonyl (C=O) groups is 1. The van der Waals surface area contributed by atoms with Gasteiger partial charge in [0.05, 0.1) is 25.8 Å². The van der Waals surface area contributed by atoms with Crippen LogP contribution < -0.4 is 10.1 Å². The average molecular weight is 337 g/mol. The number of methoxy groups -OCH3 is 1. The van der Waals surface area contributed by atoms with Crippen LogP contribution in [0.25, 0.3) is 5.69 Å². The summed E-state index contributed by atoms with van der Waals surface area (Å²) < 4.78 is 6.73. The van der Waals surface area contributed by atoms with Crippen molar-refractivity contribution in [2.75, 3.05) is 7.11 Å². The van der Waals surface area contributed by atoms with E-state index in [1.54, 1.807) is 11.8 Å². The summed E-state index contributed by atoms with van der Waals surface area (Å²) in [6, 6.07) is 15.3. The fraction of sp³-hybridized carbons (Fsp3) is 0.222. The Morgan fingerprint density at radius 1 is 1.12 bits per heavy atom. The van der Waals surface area contributed by atoms with Crippen molar-refractivity contribution in [1.29, 1.82) is 0 Å². The lowest BCUT2D eigenvalue weighted by Gasteiger charge is -2.07. The standard InChI is InChI=1S/C18H19N5O2/c1-13-3-7-15(8-4-13)23-17(20-21-22-23)12-19-18(24)11-14-5-9-16(25-2)10-6-14/h3-10H,11-12H2,1-2H3,(H,19,24). The van der Waals surface area contributed by atoms with E-state index in [0.717, 1.165) is 22.6 Å². The molecule has 2 aromatic carbocycles. The van der Waals surface area contributed by atoms with Gasteiger partial charge in [-0.3, -0.25) is 4.79 Å². The molecule has 1 N–H and O–H groups in total. The Morgan fingerprint density at radius 2 is 1.84 bits per heavy atom. The second-order valence-corrected chi connectivity index (χ2v) is 5.64. The summed E-state index contributed by atoms with van der Waals surface area (Å²) in [4.78, 5) is 12.1. The number of hydrogen-bond acceptors (Lipinski definition) is 5. The fourth-order valence-electron chi connectivity index (χ4n) is 2.37.